The van der Waals surface area contributed by atoms with Crippen LogP contribution in [0.2, 0.25) is 0 Å². The number of ketones is 1. The van der Waals surface area contributed by atoms with E-state index in [1.54, 1.807) is 0 Å². The highest BCUT2D eigenvalue weighted by molar-refractivity contribution is 5.84. The molecule has 0 aromatic rings. The first kappa shape index (κ1) is 11.6. The zero-order valence-electron chi connectivity index (χ0n) is 8.86. The summed E-state index contributed by atoms with van der Waals surface area (Å²) in [4.78, 5) is 11.5. The van der Waals surface area contributed by atoms with E-state index in [-0.39, 0.29) is 30.7 Å². The molecule has 4 nitrogen and oxygen atoms in total. The molecule has 1 rings (SSSR count). The van der Waals surface area contributed by atoms with Crippen LogP contribution < -0.4 is 5.73 Å². The summed E-state index contributed by atoms with van der Waals surface area (Å²) in [6.45, 7) is 4.46. The van der Waals surface area contributed by atoms with Crippen LogP contribution in [0.25, 0.3) is 0 Å². The molecule has 0 amide bonds. The van der Waals surface area contributed by atoms with Crippen molar-refractivity contribution in [3.8, 4) is 0 Å². The van der Waals surface area contributed by atoms with Gasteiger partial charge in [0.25, 0.3) is 0 Å². The van der Waals surface area contributed by atoms with Crippen LogP contribution in [0.15, 0.2) is 0 Å². The van der Waals surface area contributed by atoms with Gasteiger partial charge in [-0.3, -0.25) is 4.79 Å². The maximum atomic E-state index is 11.5. The molecule has 0 aromatic heterocycles. The topological polar surface area (TPSA) is 61.5 Å². The number of carbonyl (C=O) groups excluding carboxylic acids is 1. The summed E-state index contributed by atoms with van der Waals surface area (Å²) in [6.07, 6.45) is 1.52. The van der Waals surface area contributed by atoms with Gasteiger partial charge in [0, 0.05) is 6.54 Å². The summed E-state index contributed by atoms with van der Waals surface area (Å²) in [5.41, 5.74) is 5.45. The Morgan fingerprint density at radius 2 is 2.29 bits per heavy atom. The summed E-state index contributed by atoms with van der Waals surface area (Å²) in [5, 5.41) is 0. The Morgan fingerprint density at radius 1 is 1.57 bits per heavy atom. The lowest BCUT2D eigenvalue weighted by Gasteiger charge is -2.12. The lowest BCUT2D eigenvalue weighted by molar-refractivity contribution is -0.135. The molecular weight excluding hydrogens is 182 g/mol. The van der Waals surface area contributed by atoms with Crippen molar-refractivity contribution >= 4 is 5.78 Å². The normalized spacial score (nSPS) is 27.1. The highest BCUT2D eigenvalue weighted by Crippen LogP contribution is 2.19. The molecule has 4 heteroatoms. The van der Waals surface area contributed by atoms with E-state index in [9.17, 15) is 4.79 Å². The van der Waals surface area contributed by atoms with Gasteiger partial charge in [-0.1, -0.05) is 0 Å². The standard InChI is InChI=1S/C10H19NO3/c1-7(2)13-6-9(12)10-4-3-8(5-11)14-10/h7-8,10H,3-6,11H2,1-2H3. The van der Waals surface area contributed by atoms with Gasteiger partial charge in [0.2, 0.25) is 0 Å². The quantitative estimate of drug-likeness (QED) is 0.703. The molecule has 2 N–H and O–H groups in total. The molecule has 0 aromatic carbocycles. The van der Waals surface area contributed by atoms with Crippen molar-refractivity contribution in [1.29, 1.82) is 0 Å². The maximum absolute atomic E-state index is 11.5. The van der Waals surface area contributed by atoms with E-state index in [0.717, 1.165) is 12.8 Å². The first-order valence-electron chi connectivity index (χ1n) is 5.13. The van der Waals surface area contributed by atoms with Crippen LogP contribution in [0.3, 0.4) is 0 Å². The Kier molecular flexibility index (Phi) is 4.51. The summed E-state index contributed by atoms with van der Waals surface area (Å²) in [5.74, 6) is 0.0367. The molecular formula is C10H19NO3. The molecule has 1 heterocycles. The molecule has 2 unspecified atom stereocenters. The number of ether oxygens (including phenoxy) is 2. The fraction of sp³-hybridized carbons (Fsp3) is 0.900. The lowest BCUT2D eigenvalue weighted by Crippen LogP contribution is -2.28. The second kappa shape index (κ2) is 5.44. The SMILES string of the molecule is CC(C)OCC(=O)C1CCC(CN)O1. The Morgan fingerprint density at radius 3 is 2.79 bits per heavy atom. The van der Waals surface area contributed by atoms with Gasteiger partial charge in [-0.15, -0.1) is 0 Å². The van der Waals surface area contributed by atoms with Gasteiger partial charge >= 0.3 is 0 Å². The van der Waals surface area contributed by atoms with Crippen LogP contribution in [0.4, 0.5) is 0 Å². The monoisotopic (exact) mass is 201 g/mol. The van der Waals surface area contributed by atoms with Crippen molar-refractivity contribution in [2.24, 2.45) is 5.73 Å². The summed E-state index contributed by atoms with van der Waals surface area (Å²) in [6, 6.07) is 0. The van der Waals surface area contributed by atoms with Crippen LogP contribution >= 0.6 is 0 Å². The minimum atomic E-state index is -0.290. The molecule has 2 atom stereocenters. The van der Waals surface area contributed by atoms with Crippen LogP contribution in [-0.2, 0) is 14.3 Å². The van der Waals surface area contributed by atoms with Crippen molar-refractivity contribution in [3.63, 3.8) is 0 Å². The van der Waals surface area contributed by atoms with Gasteiger partial charge in [0.1, 0.15) is 12.7 Å². The van der Waals surface area contributed by atoms with Gasteiger partial charge < -0.3 is 15.2 Å². The zero-order valence-corrected chi connectivity index (χ0v) is 8.86. The molecule has 0 saturated carbocycles. The molecule has 0 bridgehead atoms. The number of nitrogens with two attached hydrogens (primary N) is 1. The number of hydrogen-bond donors (Lipinski definition) is 1. The van der Waals surface area contributed by atoms with E-state index < -0.39 is 0 Å². The van der Waals surface area contributed by atoms with E-state index in [2.05, 4.69) is 0 Å². The van der Waals surface area contributed by atoms with E-state index in [4.69, 9.17) is 15.2 Å². The number of carbonyl (C=O) groups is 1. The third kappa shape index (κ3) is 3.36. The largest absolute Gasteiger partial charge is 0.371 e. The molecule has 1 saturated heterocycles. The molecule has 1 aliphatic rings. The van der Waals surface area contributed by atoms with Crippen molar-refractivity contribution < 1.29 is 14.3 Å². The molecule has 14 heavy (non-hydrogen) atoms. The second-order valence-corrected chi connectivity index (χ2v) is 3.89. The number of Topliss-reactive ketones (excluding diaryl/α,β-unsaturated/α-hetero) is 1. The van der Waals surface area contributed by atoms with Crippen molar-refractivity contribution in [2.75, 3.05) is 13.2 Å². The summed E-state index contributed by atoms with van der Waals surface area (Å²) >= 11 is 0. The fourth-order valence-electron chi connectivity index (χ4n) is 1.46. The third-order valence-electron chi connectivity index (χ3n) is 2.29. The average molecular weight is 201 g/mol. The predicted octanol–water partition coefficient (Wildman–Crippen LogP) is 0.487. The van der Waals surface area contributed by atoms with E-state index in [1.165, 1.54) is 0 Å². The van der Waals surface area contributed by atoms with E-state index in [0.29, 0.717) is 6.54 Å². The van der Waals surface area contributed by atoms with Crippen molar-refractivity contribution in [3.05, 3.63) is 0 Å². The Balaban J connectivity index is 2.25. The molecule has 1 aliphatic heterocycles. The number of hydrogen-bond acceptors (Lipinski definition) is 4. The van der Waals surface area contributed by atoms with Gasteiger partial charge in [-0.2, -0.15) is 0 Å². The van der Waals surface area contributed by atoms with Crippen molar-refractivity contribution in [2.45, 2.75) is 45.0 Å². The smallest absolute Gasteiger partial charge is 0.187 e. The minimum absolute atomic E-state index is 0.0367. The molecule has 82 valence electrons. The Labute approximate surface area is 84.7 Å². The summed E-state index contributed by atoms with van der Waals surface area (Å²) in [7, 11) is 0. The Bertz CT molecular complexity index is 194. The molecule has 1 fully saturated rings. The van der Waals surface area contributed by atoms with Gasteiger partial charge in [-0.05, 0) is 26.7 Å². The van der Waals surface area contributed by atoms with Crippen molar-refractivity contribution in [1.82, 2.24) is 0 Å². The van der Waals surface area contributed by atoms with E-state index in [1.807, 2.05) is 13.8 Å². The van der Waals surface area contributed by atoms with Crippen LogP contribution in [-0.4, -0.2) is 37.2 Å². The molecule has 0 aliphatic carbocycles. The second-order valence-electron chi connectivity index (χ2n) is 3.89. The fourth-order valence-corrected chi connectivity index (χ4v) is 1.46. The van der Waals surface area contributed by atoms with Crippen LogP contribution in [0, 0.1) is 0 Å². The zero-order chi connectivity index (χ0) is 10.6. The highest BCUT2D eigenvalue weighted by Gasteiger charge is 2.29. The minimum Gasteiger partial charge on any atom is -0.371 e. The van der Waals surface area contributed by atoms with E-state index >= 15 is 0 Å². The predicted molar refractivity (Wildman–Crippen MR) is 53.0 cm³/mol. The molecule has 0 spiro atoms. The maximum Gasteiger partial charge on any atom is 0.187 e. The molecule has 0 radical (unpaired) electrons. The number of rotatable bonds is 5. The van der Waals surface area contributed by atoms with Crippen LogP contribution in [0.5, 0.6) is 0 Å². The van der Waals surface area contributed by atoms with Gasteiger partial charge in [0.15, 0.2) is 5.78 Å². The third-order valence-corrected chi connectivity index (χ3v) is 2.29. The average Bonchev–Trinajstić information content (AvgIpc) is 2.62. The van der Waals surface area contributed by atoms with Gasteiger partial charge in [-0.25, -0.2) is 0 Å². The van der Waals surface area contributed by atoms with Crippen LogP contribution in [0.1, 0.15) is 26.7 Å². The first-order valence-corrected chi connectivity index (χ1v) is 5.13. The highest BCUT2D eigenvalue weighted by atomic mass is 16.5. The Hall–Kier alpha value is -0.450. The van der Waals surface area contributed by atoms with Gasteiger partial charge in [0.05, 0.1) is 12.2 Å². The first-order chi connectivity index (χ1) is 6.63. The summed E-state index contributed by atoms with van der Waals surface area (Å²) < 4.78 is 10.7. The lowest BCUT2D eigenvalue weighted by atomic mass is 10.1.